The number of para-hydroxylation sites is 1. The molecular weight excluding hydrogens is 513 g/mol. The van der Waals surface area contributed by atoms with E-state index in [0.717, 1.165) is 5.56 Å². The van der Waals surface area contributed by atoms with Gasteiger partial charge in [0.25, 0.3) is 15.9 Å². The summed E-state index contributed by atoms with van der Waals surface area (Å²) in [7, 11) is -3.78. The number of anilines is 2. The van der Waals surface area contributed by atoms with Gasteiger partial charge < -0.3 is 4.42 Å². The van der Waals surface area contributed by atoms with Crippen molar-refractivity contribution in [3.05, 3.63) is 108 Å². The largest absolute Gasteiger partial charge is 0.467 e. The minimum Gasteiger partial charge on any atom is -0.467 e. The molecule has 1 aliphatic rings. The van der Waals surface area contributed by atoms with E-state index in [0.29, 0.717) is 39.8 Å². The Morgan fingerprint density at radius 2 is 1.86 bits per heavy atom. The highest BCUT2D eigenvalue weighted by Gasteiger charge is 2.31. The number of nitrogens with zero attached hydrogens (tertiary/aromatic N) is 3. The van der Waals surface area contributed by atoms with E-state index in [1.54, 1.807) is 24.3 Å². The molecule has 0 spiro atoms. The number of rotatable bonds is 6. The molecule has 1 aliphatic heterocycles. The predicted molar refractivity (Wildman–Crippen MR) is 140 cm³/mol. The Bertz CT molecular complexity index is 1710. The van der Waals surface area contributed by atoms with Crippen LogP contribution in [0.4, 0.5) is 15.2 Å². The van der Waals surface area contributed by atoms with E-state index in [9.17, 15) is 17.6 Å². The van der Waals surface area contributed by atoms with E-state index >= 15 is 0 Å². The molecule has 0 N–H and O–H groups in total. The molecular formula is C27H20FN3O4S2. The molecule has 0 fully saturated rings. The Morgan fingerprint density at radius 1 is 1.05 bits per heavy atom. The van der Waals surface area contributed by atoms with Crippen LogP contribution in [0.2, 0.25) is 0 Å². The molecule has 0 saturated heterocycles. The van der Waals surface area contributed by atoms with Crippen molar-refractivity contribution in [1.82, 2.24) is 4.98 Å². The van der Waals surface area contributed by atoms with Gasteiger partial charge >= 0.3 is 0 Å². The maximum atomic E-state index is 13.7. The molecule has 5 aromatic rings. The fourth-order valence-corrected chi connectivity index (χ4v) is 6.89. The zero-order chi connectivity index (χ0) is 25.6. The third-order valence-corrected chi connectivity index (χ3v) is 9.11. The van der Waals surface area contributed by atoms with Gasteiger partial charge in [-0.2, -0.15) is 0 Å². The highest BCUT2D eigenvalue weighted by atomic mass is 32.2. The summed E-state index contributed by atoms with van der Waals surface area (Å²) < 4.78 is 47.9. The summed E-state index contributed by atoms with van der Waals surface area (Å²) in [5, 5.41) is 0.382. The second kappa shape index (κ2) is 9.13. The van der Waals surface area contributed by atoms with Crippen LogP contribution >= 0.6 is 11.3 Å². The van der Waals surface area contributed by atoms with Crippen molar-refractivity contribution in [1.29, 1.82) is 0 Å². The third-order valence-electron chi connectivity index (χ3n) is 6.24. The number of amides is 1. The number of carbonyl (C=O) groups is 1. The summed E-state index contributed by atoms with van der Waals surface area (Å²) in [6.45, 7) is 0.482. The average molecular weight is 534 g/mol. The number of thiazole rings is 1. The number of hydrogen-bond donors (Lipinski definition) is 0. The van der Waals surface area contributed by atoms with Crippen LogP contribution in [0.3, 0.4) is 0 Å². The molecule has 37 heavy (non-hydrogen) atoms. The summed E-state index contributed by atoms with van der Waals surface area (Å²) >= 11 is 1.19. The Hall–Kier alpha value is -4.02. The van der Waals surface area contributed by atoms with Gasteiger partial charge in [-0.1, -0.05) is 29.5 Å². The van der Waals surface area contributed by atoms with Gasteiger partial charge in [0.1, 0.15) is 11.6 Å². The molecule has 186 valence electrons. The van der Waals surface area contributed by atoms with Crippen LogP contribution in [0.1, 0.15) is 21.7 Å². The van der Waals surface area contributed by atoms with Crippen molar-refractivity contribution < 1.29 is 22.0 Å². The first-order valence-corrected chi connectivity index (χ1v) is 13.8. The maximum Gasteiger partial charge on any atom is 0.264 e. The van der Waals surface area contributed by atoms with Gasteiger partial charge in [-0.3, -0.25) is 14.0 Å². The molecule has 0 radical (unpaired) electrons. The fourth-order valence-electron chi connectivity index (χ4n) is 4.40. The number of carbonyl (C=O) groups excluding carboxylic acids is 1. The zero-order valence-corrected chi connectivity index (χ0v) is 21.0. The lowest BCUT2D eigenvalue weighted by Crippen LogP contribution is -2.31. The number of fused-ring (bicyclic) bond motifs is 2. The summed E-state index contributed by atoms with van der Waals surface area (Å²) in [6.07, 6.45) is 2.17. The Morgan fingerprint density at radius 3 is 2.65 bits per heavy atom. The molecule has 7 nitrogen and oxygen atoms in total. The van der Waals surface area contributed by atoms with Crippen molar-refractivity contribution in [3.63, 3.8) is 0 Å². The summed E-state index contributed by atoms with van der Waals surface area (Å²) in [5.74, 6) is -0.221. The number of furan rings is 1. The molecule has 3 heterocycles. The Kier molecular flexibility index (Phi) is 5.77. The number of sulfonamides is 1. The van der Waals surface area contributed by atoms with Gasteiger partial charge in [0.05, 0.1) is 33.6 Å². The molecule has 6 rings (SSSR count). The predicted octanol–water partition coefficient (Wildman–Crippen LogP) is 5.63. The van der Waals surface area contributed by atoms with Crippen molar-refractivity contribution in [3.8, 4) is 0 Å². The lowest BCUT2D eigenvalue weighted by Gasteiger charge is -2.21. The number of halogens is 1. The van der Waals surface area contributed by atoms with E-state index in [4.69, 9.17) is 4.42 Å². The van der Waals surface area contributed by atoms with Crippen molar-refractivity contribution >= 4 is 48.3 Å². The monoisotopic (exact) mass is 533 g/mol. The van der Waals surface area contributed by atoms with E-state index < -0.39 is 10.0 Å². The summed E-state index contributed by atoms with van der Waals surface area (Å²) in [6, 6.07) is 21.1. The molecule has 1 amide bonds. The van der Waals surface area contributed by atoms with Crippen LogP contribution in [0.5, 0.6) is 0 Å². The van der Waals surface area contributed by atoms with E-state index in [2.05, 4.69) is 4.98 Å². The van der Waals surface area contributed by atoms with Crippen LogP contribution in [0, 0.1) is 5.82 Å². The summed E-state index contributed by atoms with van der Waals surface area (Å²) in [4.78, 5) is 19.7. The maximum absolute atomic E-state index is 13.7. The first-order chi connectivity index (χ1) is 17.9. The van der Waals surface area contributed by atoms with E-state index in [1.807, 2.05) is 18.2 Å². The lowest BCUT2D eigenvalue weighted by molar-refractivity contribution is 0.0983. The molecule has 3 aromatic carbocycles. The van der Waals surface area contributed by atoms with Gasteiger partial charge in [0.2, 0.25) is 0 Å². The van der Waals surface area contributed by atoms with Gasteiger partial charge in [-0.15, -0.1) is 0 Å². The van der Waals surface area contributed by atoms with Gasteiger partial charge in [0, 0.05) is 12.1 Å². The van der Waals surface area contributed by atoms with Crippen LogP contribution in [-0.2, 0) is 23.0 Å². The fraction of sp³-hybridized carbons (Fsp3) is 0.111. The number of hydrogen-bond acceptors (Lipinski definition) is 6. The molecule has 0 saturated carbocycles. The second-order valence-corrected chi connectivity index (χ2v) is 11.4. The first-order valence-electron chi connectivity index (χ1n) is 11.5. The van der Waals surface area contributed by atoms with Crippen LogP contribution in [0.25, 0.3) is 10.2 Å². The minimum absolute atomic E-state index is 0.105. The standard InChI is InChI=1S/C27H20FN3O4S2/c28-20-9-12-23-25(16-20)36-27(29-23)30(17-21-5-3-15-35-21)26(32)19-7-10-22(11-8-19)37(33,34)31-14-13-18-4-1-2-6-24(18)31/h1-12,15-16H,13-14,17H2. The van der Waals surface area contributed by atoms with Crippen LogP contribution < -0.4 is 9.21 Å². The SMILES string of the molecule is O=C(c1ccc(S(=O)(=O)N2CCc3ccccc32)cc1)N(Cc1ccco1)c1nc2ccc(F)cc2s1. The molecule has 10 heteroatoms. The van der Waals surface area contributed by atoms with Gasteiger partial charge in [-0.25, -0.2) is 17.8 Å². The van der Waals surface area contributed by atoms with Crippen molar-refractivity contribution in [2.45, 2.75) is 17.9 Å². The quantitative estimate of drug-likeness (QED) is 0.283. The molecule has 2 aromatic heterocycles. The summed E-state index contributed by atoms with van der Waals surface area (Å²) in [5.41, 5.74) is 2.53. The minimum atomic E-state index is -3.78. The van der Waals surface area contributed by atoms with Crippen LogP contribution in [0.15, 0.2) is 94.4 Å². The first kappa shape index (κ1) is 23.4. The third kappa shape index (κ3) is 4.28. The lowest BCUT2D eigenvalue weighted by atomic mass is 10.2. The smallest absolute Gasteiger partial charge is 0.264 e. The van der Waals surface area contributed by atoms with E-state index in [1.165, 1.54) is 63.2 Å². The molecule has 0 bridgehead atoms. The topological polar surface area (TPSA) is 83.7 Å². The zero-order valence-electron chi connectivity index (χ0n) is 19.4. The molecule has 0 aliphatic carbocycles. The van der Waals surface area contributed by atoms with Crippen LogP contribution in [-0.4, -0.2) is 25.9 Å². The Labute approximate surface area is 216 Å². The van der Waals surface area contributed by atoms with E-state index in [-0.39, 0.29) is 28.7 Å². The normalized spacial score (nSPS) is 13.2. The highest BCUT2D eigenvalue weighted by Crippen LogP contribution is 2.34. The Balaban J connectivity index is 1.32. The number of benzene rings is 3. The van der Waals surface area contributed by atoms with Gasteiger partial charge in [0.15, 0.2) is 5.13 Å². The van der Waals surface area contributed by atoms with Crippen molar-refractivity contribution in [2.75, 3.05) is 15.7 Å². The highest BCUT2D eigenvalue weighted by molar-refractivity contribution is 7.92. The number of aromatic nitrogens is 1. The van der Waals surface area contributed by atoms with Crippen molar-refractivity contribution in [2.24, 2.45) is 0 Å². The molecule has 0 atom stereocenters. The molecule has 0 unspecified atom stereocenters. The van der Waals surface area contributed by atoms with Gasteiger partial charge in [-0.05, 0) is 72.6 Å². The average Bonchev–Trinajstić information content (AvgIpc) is 3.66. The second-order valence-electron chi connectivity index (χ2n) is 8.56.